The number of aryl methyl sites for hydroxylation is 2. The molecular weight excluding hydrogens is 374 g/mol. The fourth-order valence-corrected chi connectivity index (χ4v) is 3.79. The first-order chi connectivity index (χ1) is 13.3. The Morgan fingerprint density at radius 1 is 1.04 bits per heavy atom. The van der Waals surface area contributed by atoms with E-state index >= 15 is 0 Å². The molecule has 0 spiro atoms. The Bertz CT molecular complexity index is 876. The number of anilines is 2. The Hall–Kier alpha value is -2.53. The van der Waals surface area contributed by atoms with Gasteiger partial charge in [-0.25, -0.2) is 0 Å². The molecule has 0 atom stereocenters. The summed E-state index contributed by atoms with van der Waals surface area (Å²) in [6.07, 6.45) is 0. The molecular formula is C22H26ClN3O2. The van der Waals surface area contributed by atoms with Crippen LogP contribution < -0.4 is 9.80 Å². The summed E-state index contributed by atoms with van der Waals surface area (Å²) in [5, 5.41) is 0.614. The van der Waals surface area contributed by atoms with Gasteiger partial charge in [-0.15, -0.1) is 0 Å². The van der Waals surface area contributed by atoms with Crippen molar-refractivity contribution in [3.8, 4) is 0 Å². The van der Waals surface area contributed by atoms with Gasteiger partial charge in [-0.2, -0.15) is 0 Å². The lowest BCUT2D eigenvalue weighted by atomic mass is 10.1. The third-order valence-electron chi connectivity index (χ3n) is 5.12. The lowest BCUT2D eigenvalue weighted by Crippen LogP contribution is -2.52. The first-order valence-corrected chi connectivity index (χ1v) is 9.86. The van der Waals surface area contributed by atoms with E-state index in [9.17, 15) is 9.59 Å². The maximum atomic E-state index is 12.8. The molecule has 5 nitrogen and oxygen atoms in total. The van der Waals surface area contributed by atoms with E-state index in [1.54, 1.807) is 18.2 Å². The van der Waals surface area contributed by atoms with Crippen LogP contribution in [-0.4, -0.2) is 49.4 Å². The normalized spacial score (nSPS) is 14.1. The highest BCUT2D eigenvalue weighted by Crippen LogP contribution is 2.24. The van der Waals surface area contributed by atoms with Crippen LogP contribution in [0.2, 0.25) is 5.02 Å². The number of rotatable bonds is 4. The maximum Gasteiger partial charge on any atom is 0.242 e. The van der Waals surface area contributed by atoms with Crippen molar-refractivity contribution in [2.75, 3.05) is 42.5 Å². The molecule has 6 heteroatoms. The maximum absolute atomic E-state index is 12.8. The van der Waals surface area contributed by atoms with Crippen molar-refractivity contribution in [1.82, 2.24) is 4.90 Å². The molecule has 1 aliphatic heterocycles. The Balaban J connectivity index is 1.64. The Kier molecular flexibility index (Phi) is 6.25. The van der Waals surface area contributed by atoms with Crippen LogP contribution in [0.1, 0.15) is 18.1 Å². The Labute approximate surface area is 171 Å². The van der Waals surface area contributed by atoms with E-state index in [-0.39, 0.29) is 18.4 Å². The minimum absolute atomic E-state index is 0.0338. The number of hydrogen-bond acceptors (Lipinski definition) is 3. The molecule has 2 aromatic carbocycles. The summed E-state index contributed by atoms with van der Waals surface area (Å²) in [7, 11) is 0. The van der Waals surface area contributed by atoms with Gasteiger partial charge >= 0.3 is 0 Å². The van der Waals surface area contributed by atoms with Crippen molar-refractivity contribution in [2.24, 2.45) is 0 Å². The van der Waals surface area contributed by atoms with Gasteiger partial charge in [0.05, 0.1) is 0 Å². The molecule has 2 aromatic rings. The molecule has 28 heavy (non-hydrogen) atoms. The highest BCUT2D eigenvalue weighted by molar-refractivity contribution is 6.30. The number of piperazine rings is 1. The first-order valence-electron chi connectivity index (χ1n) is 9.49. The number of nitrogens with zero attached hydrogens (tertiary/aromatic N) is 3. The van der Waals surface area contributed by atoms with Crippen molar-refractivity contribution >= 4 is 34.8 Å². The molecule has 0 aliphatic carbocycles. The monoisotopic (exact) mass is 399 g/mol. The molecule has 1 aliphatic rings. The van der Waals surface area contributed by atoms with Gasteiger partial charge in [0.1, 0.15) is 6.54 Å². The zero-order chi connectivity index (χ0) is 20.3. The fourth-order valence-electron chi connectivity index (χ4n) is 3.56. The average molecular weight is 400 g/mol. The molecule has 1 fully saturated rings. The molecule has 0 bridgehead atoms. The third kappa shape index (κ3) is 4.65. The molecule has 0 radical (unpaired) electrons. The van der Waals surface area contributed by atoms with Gasteiger partial charge in [0.25, 0.3) is 0 Å². The lowest BCUT2D eigenvalue weighted by Gasteiger charge is -2.37. The number of carbonyl (C=O) groups excluding carboxylic acids is 2. The molecule has 0 aromatic heterocycles. The van der Waals surface area contributed by atoms with Crippen LogP contribution in [0.5, 0.6) is 0 Å². The number of halogens is 1. The number of carbonyl (C=O) groups is 2. The molecule has 0 N–H and O–H groups in total. The number of amides is 2. The average Bonchev–Trinajstić information content (AvgIpc) is 2.66. The van der Waals surface area contributed by atoms with Crippen LogP contribution in [0, 0.1) is 13.8 Å². The Morgan fingerprint density at radius 2 is 1.75 bits per heavy atom. The lowest BCUT2D eigenvalue weighted by molar-refractivity contribution is -0.131. The van der Waals surface area contributed by atoms with Crippen molar-refractivity contribution in [3.63, 3.8) is 0 Å². The van der Waals surface area contributed by atoms with Gasteiger partial charge in [0, 0.05) is 49.5 Å². The van der Waals surface area contributed by atoms with Crippen molar-refractivity contribution in [2.45, 2.75) is 20.8 Å². The second-order valence-corrected chi connectivity index (χ2v) is 7.68. The molecule has 0 unspecified atom stereocenters. The zero-order valence-electron chi connectivity index (χ0n) is 16.6. The van der Waals surface area contributed by atoms with E-state index in [2.05, 4.69) is 36.1 Å². The van der Waals surface area contributed by atoms with Crippen LogP contribution >= 0.6 is 11.6 Å². The highest BCUT2D eigenvalue weighted by atomic mass is 35.5. The largest absolute Gasteiger partial charge is 0.368 e. The van der Waals surface area contributed by atoms with Crippen LogP contribution in [-0.2, 0) is 9.59 Å². The van der Waals surface area contributed by atoms with Crippen molar-refractivity contribution < 1.29 is 9.59 Å². The first kappa shape index (κ1) is 20.2. The second-order valence-electron chi connectivity index (χ2n) is 7.24. The third-order valence-corrected chi connectivity index (χ3v) is 5.36. The number of benzene rings is 2. The minimum atomic E-state index is -0.155. The quantitative estimate of drug-likeness (QED) is 0.788. The topological polar surface area (TPSA) is 43.9 Å². The summed E-state index contributed by atoms with van der Waals surface area (Å²) in [6.45, 7) is 8.38. The van der Waals surface area contributed by atoms with Crippen molar-refractivity contribution in [3.05, 3.63) is 58.6 Å². The molecule has 148 valence electrons. The van der Waals surface area contributed by atoms with Crippen LogP contribution in [0.4, 0.5) is 11.4 Å². The van der Waals surface area contributed by atoms with E-state index in [1.807, 2.05) is 11.8 Å². The minimum Gasteiger partial charge on any atom is -0.368 e. The fraction of sp³-hybridized carbons (Fsp3) is 0.364. The van der Waals surface area contributed by atoms with Crippen LogP contribution in [0.25, 0.3) is 0 Å². The molecule has 0 saturated carbocycles. The summed E-state index contributed by atoms with van der Waals surface area (Å²) < 4.78 is 0. The molecule has 1 heterocycles. The highest BCUT2D eigenvalue weighted by Gasteiger charge is 2.25. The number of hydrogen-bond donors (Lipinski definition) is 0. The van der Waals surface area contributed by atoms with Gasteiger partial charge in [-0.1, -0.05) is 23.7 Å². The predicted octanol–water partition coefficient (Wildman–Crippen LogP) is 3.66. The van der Waals surface area contributed by atoms with Gasteiger partial charge in [-0.3, -0.25) is 9.59 Å². The smallest absolute Gasteiger partial charge is 0.242 e. The summed E-state index contributed by atoms with van der Waals surface area (Å²) >= 11 is 6.02. The standard InChI is InChI=1S/C22H26ClN3O2/c1-16-5-4-6-20(13-16)24-9-11-25(12-10-24)22(28)15-26(18(3)27)21-8-7-19(23)14-17(21)2/h4-8,13-14H,9-12,15H2,1-3H3. The van der Waals surface area contributed by atoms with E-state index in [1.165, 1.54) is 23.1 Å². The van der Waals surface area contributed by atoms with E-state index < -0.39 is 0 Å². The predicted molar refractivity (Wildman–Crippen MR) is 114 cm³/mol. The zero-order valence-corrected chi connectivity index (χ0v) is 17.4. The van der Waals surface area contributed by atoms with Crippen molar-refractivity contribution in [1.29, 1.82) is 0 Å². The summed E-state index contributed by atoms with van der Waals surface area (Å²) in [6, 6.07) is 13.7. The Morgan fingerprint density at radius 3 is 2.36 bits per heavy atom. The van der Waals surface area contributed by atoms with Gasteiger partial charge in [0.2, 0.25) is 11.8 Å². The molecule has 1 saturated heterocycles. The van der Waals surface area contributed by atoms with E-state index in [0.717, 1.165) is 24.3 Å². The molecule has 2 amide bonds. The van der Waals surface area contributed by atoms with Gasteiger partial charge in [-0.05, 0) is 55.3 Å². The summed E-state index contributed by atoms with van der Waals surface area (Å²) in [5.74, 6) is -0.189. The van der Waals surface area contributed by atoms with E-state index in [0.29, 0.717) is 18.1 Å². The summed E-state index contributed by atoms with van der Waals surface area (Å²) in [4.78, 5) is 30.7. The van der Waals surface area contributed by atoms with E-state index in [4.69, 9.17) is 11.6 Å². The molecule has 3 rings (SSSR count). The SMILES string of the molecule is CC(=O)N(CC(=O)N1CCN(c2cccc(C)c2)CC1)c1ccc(Cl)cc1C. The van der Waals surface area contributed by atoms with Crippen LogP contribution in [0.15, 0.2) is 42.5 Å². The second kappa shape index (κ2) is 8.65. The summed E-state index contributed by atoms with van der Waals surface area (Å²) in [5.41, 5.74) is 4.02. The van der Waals surface area contributed by atoms with Gasteiger partial charge in [0.15, 0.2) is 0 Å². The van der Waals surface area contributed by atoms with Gasteiger partial charge < -0.3 is 14.7 Å². The van der Waals surface area contributed by atoms with Crippen LogP contribution in [0.3, 0.4) is 0 Å².